The van der Waals surface area contributed by atoms with Gasteiger partial charge in [-0.2, -0.15) is 0 Å². The van der Waals surface area contributed by atoms with Crippen molar-refractivity contribution in [3.8, 4) is 0 Å². The number of hydrogen-bond donors (Lipinski definition) is 6. The SMILES string of the molecule is CCCCCCCCCCCCCCCCCCCCCC(=O)N[C@@H](CO[C@H]1O[C@H](CO)[C@H](O)[C@H](O)[C@H]1F)[C@H](O)[C@H](O)CCCCCCCCCCCCCC. The summed E-state index contributed by atoms with van der Waals surface area (Å²) in [6, 6.07) is -1.04. The molecule has 1 amide bonds. The van der Waals surface area contributed by atoms with Gasteiger partial charge in [-0.3, -0.25) is 4.79 Å². The van der Waals surface area contributed by atoms with E-state index in [1.165, 1.54) is 148 Å². The van der Waals surface area contributed by atoms with E-state index in [2.05, 4.69) is 19.2 Å². The highest BCUT2D eigenvalue weighted by Gasteiger charge is 2.45. The summed E-state index contributed by atoms with van der Waals surface area (Å²) in [6.07, 6.45) is 28.1. The molecule has 0 spiro atoms. The van der Waals surface area contributed by atoms with Crippen molar-refractivity contribution < 1.29 is 44.2 Å². The molecule has 0 saturated carbocycles. The van der Waals surface area contributed by atoms with Crippen LogP contribution in [0.15, 0.2) is 0 Å². The van der Waals surface area contributed by atoms with E-state index in [4.69, 9.17) is 9.47 Å². The molecule has 56 heavy (non-hydrogen) atoms. The summed E-state index contributed by atoms with van der Waals surface area (Å²) in [5.41, 5.74) is 0. The molecule has 0 aromatic carbocycles. The van der Waals surface area contributed by atoms with Crippen molar-refractivity contribution in [3.05, 3.63) is 0 Å². The Balaban J connectivity index is 2.34. The number of aliphatic hydroxyl groups excluding tert-OH is 5. The number of hydrogen-bond acceptors (Lipinski definition) is 8. The second-order valence-corrected chi connectivity index (χ2v) is 17.0. The van der Waals surface area contributed by atoms with Crippen LogP contribution in [0.5, 0.6) is 0 Å². The van der Waals surface area contributed by atoms with E-state index >= 15 is 0 Å². The molecule has 0 radical (unpaired) electrons. The van der Waals surface area contributed by atoms with Gasteiger partial charge in [-0.1, -0.05) is 206 Å². The van der Waals surface area contributed by atoms with Crippen molar-refractivity contribution in [2.45, 2.75) is 275 Å². The summed E-state index contributed by atoms with van der Waals surface area (Å²) in [7, 11) is 0. The predicted molar refractivity (Wildman–Crippen MR) is 226 cm³/mol. The number of rotatable bonds is 40. The largest absolute Gasteiger partial charge is 0.394 e. The smallest absolute Gasteiger partial charge is 0.220 e. The number of alkyl halides is 1. The average molecular weight is 804 g/mol. The first kappa shape index (κ1) is 53.1. The maximum Gasteiger partial charge on any atom is 0.220 e. The van der Waals surface area contributed by atoms with Gasteiger partial charge in [-0.05, 0) is 12.8 Å². The topological polar surface area (TPSA) is 149 Å². The maximum absolute atomic E-state index is 14.8. The van der Waals surface area contributed by atoms with Gasteiger partial charge in [0.25, 0.3) is 0 Å². The average Bonchev–Trinajstić information content (AvgIpc) is 3.20. The first-order valence-electron chi connectivity index (χ1n) is 23.8. The molecule has 0 aromatic heterocycles. The Bertz CT molecular complexity index is 869. The molecule has 0 aromatic rings. The summed E-state index contributed by atoms with van der Waals surface area (Å²) in [6.45, 7) is 3.47. The zero-order valence-electron chi connectivity index (χ0n) is 36.2. The van der Waals surface area contributed by atoms with E-state index in [0.29, 0.717) is 12.8 Å². The summed E-state index contributed by atoms with van der Waals surface area (Å²) in [5.74, 6) is -0.285. The molecule has 334 valence electrons. The van der Waals surface area contributed by atoms with Gasteiger partial charge < -0.3 is 40.3 Å². The zero-order valence-corrected chi connectivity index (χ0v) is 36.2. The van der Waals surface area contributed by atoms with Crippen LogP contribution in [-0.2, 0) is 14.3 Å². The lowest BCUT2D eigenvalue weighted by Gasteiger charge is -2.39. The van der Waals surface area contributed by atoms with E-state index in [-0.39, 0.29) is 18.9 Å². The lowest BCUT2D eigenvalue weighted by atomic mass is 9.98. The highest BCUT2D eigenvalue weighted by Crippen LogP contribution is 2.25. The van der Waals surface area contributed by atoms with Gasteiger partial charge in [0.1, 0.15) is 24.4 Å². The highest BCUT2D eigenvalue weighted by atomic mass is 19.1. The summed E-state index contributed by atoms with van der Waals surface area (Å²) in [5, 5.41) is 54.4. The molecule has 1 rings (SSSR count). The van der Waals surface area contributed by atoms with Gasteiger partial charge in [-0.25, -0.2) is 4.39 Å². The third-order valence-corrected chi connectivity index (χ3v) is 11.8. The third kappa shape index (κ3) is 27.0. The Morgan fingerprint density at radius 3 is 1.38 bits per heavy atom. The minimum absolute atomic E-state index is 0.264. The molecule has 1 aliphatic rings. The van der Waals surface area contributed by atoms with E-state index in [1.54, 1.807) is 0 Å². The molecule has 8 atom stereocenters. The molecule has 1 fully saturated rings. The number of ether oxygens (including phenoxy) is 2. The number of carbonyl (C=O) groups is 1. The van der Waals surface area contributed by atoms with Gasteiger partial charge in [0.15, 0.2) is 12.5 Å². The molecule has 1 heterocycles. The van der Waals surface area contributed by atoms with Gasteiger partial charge in [0, 0.05) is 6.42 Å². The van der Waals surface area contributed by atoms with Crippen LogP contribution >= 0.6 is 0 Å². The van der Waals surface area contributed by atoms with Gasteiger partial charge >= 0.3 is 0 Å². The molecular formula is C46H90FNO8. The second-order valence-electron chi connectivity index (χ2n) is 17.0. The minimum Gasteiger partial charge on any atom is -0.394 e. The van der Waals surface area contributed by atoms with Gasteiger partial charge in [-0.15, -0.1) is 0 Å². The fourth-order valence-corrected chi connectivity index (χ4v) is 7.88. The maximum atomic E-state index is 14.8. The van der Waals surface area contributed by atoms with Crippen LogP contribution in [0.25, 0.3) is 0 Å². The normalized spacial score (nSPS) is 21.6. The predicted octanol–water partition coefficient (Wildman–Crippen LogP) is 9.90. The Morgan fingerprint density at radius 2 is 0.982 bits per heavy atom. The molecule has 0 aliphatic carbocycles. The Morgan fingerprint density at radius 1 is 0.607 bits per heavy atom. The Labute approximate surface area is 342 Å². The van der Waals surface area contributed by atoms with Crippen LogP contribution in [0.1, 0.15) is 226 Å². The van der Waals surface area contributed by atoms with Crippen LogP contribution < -0.4 is 5.32 Å². The van der Waals surface area contributed by atoms with Crippen molar-refractivity contribution in [1.82, 2.24) is 5.32 Å². The van der Waals surface area contributed by atoms with Crippen molar-refractivity contribution >= 4 is 5.91 Å². The molecule has 0 unspecified atom stereocenters. The van der Waals surface area contributed by atoms with Crippen molar-refractivity contribution in [2.75, 3.05) is 13.2 Å². The lowest BCUT2D eigenvalue weighted by molar-refractivity contribution is -0.289. The molecular weight excluding hydrogens is 714 g/mol. The minimum atomic E-state index is -2.10. The first-order chi connectivity index (χ1) is 27.3. The Hall–Kier alpha value is -0.880. The second kappa shape index (κ2) is 37.1. The molecule has 10 heteroatoms. The van der Waals surface area contributed by atoms with Crippen molar-refractivity contribution in [2.24, 2.45) is 0 Å². The van der Waals surface area contributed by atoms with Crippen LogP contribution in [0, 0.1) is 0 Å². The van der Waals surface area contributed by atoms with Gasteiger partial charge in [0.2, 0.25) is 5.91 Å². The number of amides is 1. The number of carbonyl (C=O) groups excluding carboxylic acids is 1. The monoisotopic (exact) mass is 804 g/mol. The van der Waals surface area contributed by atoms with Crippen LogP contribution in [0.3, 0.4) is 0 Å². The quantitative estimate of drug-likeness (QED) is 0.0336. The molecule has 1 aliphatic heterocycles. The fraction of sp³-hybridized carbons (Fsp3) is 0.978. The van der Waals surface area contributed by atoms with Crippen molar-refractivity contribution in [3.63, 3.8) is 0 Å². The highest BCUT2D eigenvalue weighted by molar-refractivity contribution is 5.76. The molecule has 1 saturated heterocycles. The molecule has 9 nitrogen and oxygen atoms in total. The zero-order chi connectivity index (χ0) is 41.1. The van der Waals surface area contributed by atoms with Crippen LogP contribution in [-0.4, -0.2) is 93.7 Å². The Kier molecular flexibility index (Phi) is 35.2. The summed E-state index contributed by atoms with van der Waals surface area (Å²) >= 11 is 0. The van der Waals surface area contributed by atoms with E-state index in [9.17, 15) is 34.7 Å². The van der Waals surface area contributed by atoms with Crippen molar-refractivity contribution in [1.29, 1.82) is 0 Å². The number of halogens is 1. The number of unbranched alkanes of at least 4 members (excludes halogenated alkanes) is 29. The van der Waals surface area contributed by atoms with E-state index < -0.39 is 55.6 Å². The fourth-order valence-electron chi connectivity index (χ4n) is 7.88. The lowest BCUT2D eigenvalue weighted by Crippen LogP contribution is -2.59. The molecule has 6 N–H and O–H groups in total. The van der Waals surface area contributed by atoms with E-state index in [0.717, 1.165) is 44.9 Å². The number of aliphatic hydroxyl groups is 5. The standard InChI is InChI=1S/C46H90FNO8/c1-3-5-7-9-11-13-15-17-18-19-20-21-22-23-25-27-29-31-33-35-41(51)48-38(37-55-46-42(47)45(54)44(53)40(36-49)56-46)43(52)39(50)34-32-30-28-26-24-16-14-12-10-8-6-4-2/h38-40,42-46,49-50,52-54H,3-37H2,1-2H3,(H,48,51)/t38-,39+,40+,42+,43-,44-,45+,46-/m0/s1. The van der Waals surface area contributed by atoms with Gasteiger partial charge in [0.05, 0.1) is 25.4 Å². The third-order valence-electron chi connectivity index (χ3n) is 11.8. The first-order valence-corrected chi connectivity index (χ1v) is 23.8. The van der Waals surface area contributed by atoms with Crippen LogP contribution in [0.2, 0.25) is 0 Å². The number of nitrogens with one attached hydrogen (secondary N) is 1. The summed E-state index contributed by atoms with van der Waals surface area (Å²) in [4.78, 5) is 13.0. The van der Waals surface area contributed by atoms with E-state index in [1.807, 2.05) is 0 Å². The molecule has 0 bridgehead atoms. The summed E-state index contributed by atoms with van der Waals surface area (Å²) < 4.78 is 25.7. The van der Waals surface area contributed by atoms with Crippen LogP contribution in [0.4, 0.5) is 4.39 Å².